The van der Waals surface area contributed by atoms with Crippen molar-refractivity contribution in [3.05, 3.63) is 64.4 Å². The summed E-state index contributed by atoms with van der Waals surface area (Å²) in [6, 6.07) is 7.51. The molecule has 1 aromatic heterocycles. The molecule has 0 spiro atoms. The van der Waals surface area contributed by atoms with E-state index < -0.39 is 5.41 Å². The topological polar surface area (TPSA) is 3.88 Å². The van der Waals surface area contributed by atoms with E-state index in [1.807, 2.05) is 25.1 Å². The number of pyridine rings is 1. The Balaban J connectivity index is 1.94. The fourth-order valence-corrected chi connectivity index (χ4v) is 6.62. The predicted molar refractivity (Wildman–Crippen MR) is 107 cm³/mol. The van der Waals surface area contributed by atoms with Crippen molar-refractivity contribution in [3.8, 4) is 11.3 Å². The molecule has 2 aliphatic carbocycles. The molecule has 0 bridgehead atoms. The largest absolute Gasteiger partial charge is 0.222 e. The summed E-state index contributed by atoms with van der Waals surface area (Å²) in [4.78, 5) is 0. The lowest BCUT2D eigenvalue weighted by Crippen LogP contribution is -2.55. The van der Waals surface area contributed by atoms with Gasteiger partial charge < -0.3 is 0 Å². The zero-order chi connectivity index (χ0) is 19.8. The molecule has 1 nitrogen and oxygen atoms in total. The minimum Gasteiger partial charge on any atom is -0.207 e. The Morgan fingerprint density at radius 2 is 1.82 bits per heavy atom. The molecule has 2 unspecified atom stereocenters. The van der Waals surface area contributed by atoms with Gasteiger partial charge in [-0.15, -0.1) is 0 Å². The van der Waals surface area contributed by atoms with E-state index in [0.717, 1.165) is 40.6 Å². The van der Waals surface area contributed by atoms with Crippen LogP contribution in [0, 0.1) is 18.6 Å². The summed E-state index contributed by atoms with van der Waals surface area (Å²) in [6.07, 6.45) is 4.10. The van der Waals surface area contributed by atoms with E-state index in [2.05, 4.69) is 38.5 Å². The maximum absolute atomic E-state index is 15.3. The van der Waals surface area contributed by atoms with Crippen LogP contribution < -0.4 is 4.57 Å². The van der Waals surface area contributed by atoms with Crippen molar-refractivity contribution in [2.45, 2.75) is 63.8 Å². The Bertz CT molecular complexity index is 1260. The Morgan fingerprint density at radius 1 is 1.07 bits per heavy atom. The van der Waals surface area contributed by atoms with Crippen molar-refractivity contribution in [3.63, 3.8) is 0 Å². The highest BCUT2D eigenvalue weighted by atomic mass is 19.1. The van der Waals surface area contributed by atoms with Gasteiger partial charge in [0, 0.05) is 35.3 Å². The molecule has 1 aliphatic heterocycles. The van der Waals surface area contributed by atoms with Gasteiger partial charge >= 0.3 is 0 Å². The van der Waals surface area contributed by atoms with Gasteiger partial charge in [-0.1, -0.05) is 32.9 Å². The first-order valence-corrected chi connectivity index (χ1v) is 10.2. The van der Waals surface area contributed by atoms with Gasteiger partial charge in [-0.05, 0) is 36.6 Å². The van der Waals surface area contributed by atoms with Gasteiger partial charge in [0.2, 0.25) is 5.69 Å². The monoisotopic (exact) mass is 376 g/mol. The SMILES string of the molecule is CCC12CC1(C)c1ccc(F)c3c1-c1c4c(cc(C)c(F)c4cc[n+]12)C3(C)C. The van der Waals surface area contributed by atoms with Crippen LogP contribution in [0.5, 0.6) is 0 Å². The van der Waals surface area contributed by atoms with Crippen molar-refractivity contribution >= 4 is 10.8 Å². The van der Waals surface area contributed by atoms with Crippen LogP contribution in [-0.2, 0) is 16.4 Å². The molecular formula is C25H24F2N+. The average Bonchev–Trinajstić information content (AvgIpc) is 3.30. The maximum Gasteiger partial charge on any atom is 0.222 e. The summed E-state index contributed by atoms with van der Waals surface area (Å²) >= 11 is 0. The first-order chi connectivity index (χ1) is 13.2. The number of rotatable bonds is 1. The molecule has 28 heavy (non-hydrogen) atoms. The van der Waals surface area contributed by atoms with E-state index in [0.29, 0.717) is 10.9 Å². The molecule has 3 aromatic rings. The molecule has 0 amide bonds. The Hall–Kier alpha value is -2.29. The molecule has 2 atom stereocenters. The lowest BCUT2D eigenvalue weighted by atomic mass is 9.65. The minimum atomic E-state index is -0.518. The van der Waals surface area contributed by atoms with Gasteiger partial charge in [-0.3, -0.25) is 0 Å². The van der Waals surface area contributed by atoms with Crippen LogP contribution in [0.4, 0.5) is 8.78 Å². The van der Waals surface area contributed by atoms with Crippen molar-refractivity contribution in [1.29, 1.82) is 0 Å². The van der Waals surface area contributed by atoms with Crippen LogP contribution in [0.2, 0.25) is 0 Å². The number of hydrogen-bond donors (Lipinski definition) is 0. The Labute approximate surface area is 164 Å². The van der Waals surface area contributed by atoms with Crippen LogP contribution >= 0.6 is 0 Å². The Kier molecular flexibility index (Phi) is 2.66. The van der Waals surface area contributed by atoms with Crippen LogP contribution in [0.1, 0.15) is 62.8 Å². The quantitative estimate of drug-likeness (QED) is 0.473. The van der Waals surface area contributed by atoms with Gasteiger partial charge in [0.25, 0.3) is 0 Å². The number of hydrogen-bond acceptors (Lipinski definition) is 0. The fourth-order valence-electron chi connectivity index (χ4n) is 6.62. The number of halogens is 2. The smallest absolute Gasteiger partial charge is 0.207 e. The van der Waals surface area contributed by atoms with Gasteiger partial charge in [-0.2, -0.15) is 4.57 Å². The molecule has 0 saturated heterocycles. The third kappa shape index (κ3) is 1.45. The normalized spacial score (nSPS) is 27.7. The lowest BCUT2D eigenvalue weighted by Gasteiger charge is -2.39. The highest BCUT2D eigenvalue weighted by molar-refractivity contribution is 6.02. The highest BCUT2D eigenvalue weighted by Crippen LogP contribution is 2.68. The predicted octanol–water partition coefficient (Wildman–Crippen LogP) is 5.80. The van der Waals surface area contributed by atoms with Crippen LogP contribution in [-0.4, -0.2) is 0 Å². The maximum atomic E-state index is 15.3. The second kappa shape index (κ2) is 4.48. The van der Waals surface area contributed by atoms with Crippen LogP contribution in [0.15, 0.2) is 30.5 Å². The summed E-state index contributed by atoms with van der Waals surface area (Å²) < 4.78 is 32.8. The molecule has 3 heteroatoms. The van der Waals surface area contributed by atoms with E-state index in [9.17, 15) is 0 Å². The molecule has 6 rings (SSSR count). The zero-order valence-electron chi connectivity index (χ0n) is 17.0. The molecule has 2 aromatic carbocycles. The fraction of sp³-hybridized carbons (Fsp3) is 0.400. The van der Waals surface area contributed by atoms with Gasteiger partial charge in [0.1, 0.15) is 11.6 Å². The number of fused-ring (bicyclic) bond motifs is 3. The van der Waals surface area contributed by atoms with Gasteiger partial charge in [0.05, 0.1) is 16.4 Å². The van der Waals surface area contributed by atoms with Gasteiger partial charge in [0.15, 0.2) is 11.7 Å². The van der Waals surface area contributed by atoms with Gasteiger partial charge in [-0.25, -0.2) is 8.78 Å². The summed E-state index contributed by atoms with van der Waals surface area (Å²) in [5.41, 5.74) is 5.17. The minimum absolute atomic E-state index is 0.00125. The van der Waals surface area contributed by atoms with Crippen LogP contribution in [0.25, 0.3) is 22.0 Å². The number of aryl methyl sites for hydroxylation is 1. The van der Waals surface area contributed by atoms with Crippen molar-refractivity contribution in [1.82, 2.24) is 0 Å². The van der Waals surface area contributed by atoms with Crippen molar-refractivity contribution < 1.29 is 13.3 Å². The van der Waals surface area contributed by atoms with E-state index >= 15 is 8.78 Å². The molecule has 2 heterocycles. The van der Waals surface area contributed by atoms with Crippen LogP contribution in [0.3, 0.4) is 0 Å². The number of benzene rings is 2. The molecule has 142 valence electrons. The van der Waals surface area contributed by atoms with E-state index in [1.54, 1.807) is 6.07 Å². The summed E-state index contributed by atoms with van der Waals surface area (Å²) in [7, 11) is 0. The summed E-state index contributed by atoms with van der Waals surface area (Å²) in [6.45, 7) is 10.5. The van der Waals surface area contributed by atoms with E-state index in [-0.39, 0.29) is 22.6 Å². The highest BCUT2D eigenvalue weighted by Gasteiger charge is 2.76. The number of nitrogens with zero attached hydrogens (tertiary/aromatic N) is 1. The second-order valence-corrected chi connectivity index (χ2v) is 9.74. The van der Waals surface area contributed by atoms with Crippen molar-refractivity contribution in [2.75, 3.05) is 0 Å². The average molecular weight is 376 g/mol. The third-order valence-electron chi connectivity index (χ3n) is 8.23. The molecule has 1 fully saturated rings. The molecule has 3 aliphatic rings. The first-order valence-electron chi connectivity index (χ1n) is 10.2. The van der Waals surface area contributed by atoms with Crippen molar-refractivity contribution in [2.24, 2.45) is 0 Å². The first kappa shape index (κ1) is 16.6. The molecular weight excluding hydrogens is 352 g/mol. The number of aromatic nitrogens is 1. The molecule has 0 N–H and O–H groups in total. The second-order valence-electron chi connectivity index (χ2n) is 9.74. The van der Waals surface area contributed by atoms with E-state index in [4.69, 9.17) is 0 Å². The zero-order valence-corrected chi connectivity index (χ0v) is 17.0. The van der Waals surface area contributed by atoms with E-state index in [1.165, 1.54) is 5.56 Å². The lowest BCUT2D eigenvalue weighted by molar-refractivity contribution is -0.734. The third-order valence-corrected chi connectivity index (χ3v) is 8.23. The summed E-state index contributed by atoms with van der Waals surface area (Å²) in [5, 5.41) is 1.63. The summed E-state index contributed by atoms with van der Waals surface area (Å²) in [5.74, 6) is -0.317. The standard InChI is InChI=1S/C25H24F2N/c1-6-25-12-24(25,5)15-7-8-17(26)20-19(15)22-18-14(9-10-28(22)25)21(27)13(2)11-16(18)23(20,3)4/h7-11H,6,12H2,1-5H3/q+1. The molecule has 0 radical (unpaired) electrons. The molecule has 1 saturated carbocycles. The Morgan fingerprint density at radius 3 is 2.54 bits per heavy atom.